The lowest BCUT2D eigenvalue weighted by molar-refractivity contribution is -0.121. The maximum atomic E-state index is 12.1. The molecule has 0 aliphatic heterocycles. The fourth-order valence-electron chi connectivity index (χ4n) is 1.28. The minimum atomic E-state index is -0.795. The minimum absolute atomic E-state index is 0.158. The Balaban J connectivity index is 2.89. The third kappa shape index (κ3) is 3.38. The fourth-order valence-corrected chi connectivity index (χ4v) is 2.06. The third-order valence-corrected chi connectivity index (χ3v) is 3.96. The van der Waals surface area contributed by atoms with Gasteiger partial charge >= 0.3 is 0 Å². The van der Waals surface area contributed by atoms with Gasteiger partial charge in [-0.15, -0.1) is 0 Å². The number of halogens is 1. The molecule has 0 heterocycles. The molecular formula is C12H15IN2OS. The second kappa shape index (κ2) is 5.77. The number of benzene rings is 1. The molecule has 0 aromatic heterocycles. The predicted molar refractivity (Wildman–Crippen MR) is 83.0 cm³/mol. The van der Waals surface area contributed by atoms with E-state index in [1.54, 1.807) is 6.92 Å². The molecule has 0 aliphatic carbocycles. The summed E-state index contributed by atoms with van der Waals surface area (Å²) >= 11 is 7.16. The molecule has 1 atom stereocenters. The van der Waals surface area contributed by atoms with Crippen LogP contribution in [0.4, 0.5) is 5.69 Å². The van der Waals surface area contributed by atoms with Gasteiger partial charge in [0.05, 0.1) is 10.4 Å². The third-order valence-electron chi connectivity index (χ3n) is 2.83. The second-order valence-electron chi connectivity index (χ2n) is 4.01. The summed E-state index contributed by atoms with van der Waals surface area (Å²) in [5.74, 6) is -0.158. The lowest BCUT2D eigenvalue weighted by Crippen LogP contribution is -2.43. The molecule has 92 valence electrons. The molecular weight excluding hydrogens is 347 g/mol. The largest absolute Gasteiger partial charge is 0.392 e. The number of rotatable bonds is 4. The van der Waals surface area contributed by atoms with Gasteiger partial charge in [-0.1, -0.05) is 25.2 Å². The molecule has 1 unspecified atom stereocenters. The van der Waals surface area contributed by atoms with Gasteiger partial charge in [0.1, 0.15) is 0 Å². The van der Waals surface area contributed by atoms with Crippen molar-refractivity contribution >= 4 is 51.4 Å². The van der Waals surface area contributed by atoms with Crippen LogP contribution >= 0.6 is 34.8 Å². The summed E-state index contributed by atoms with van der Waals surface area (Å²) in [4.78, 5) is 12.4. The zero-order valence-electron chi connectivity index (χ0n) is 9.79. The molecule has 0 spiro atoms. The van der Waals surface area contributed by atoms with Crippen molar-refractivity contribution < 1.29 is 4.79 Å². The Kier molecular flexibility index (Phi) is 4.88. The van der Waals surface area contributed by atoms with E-state index in [-0.39, 0.29) is 10.9 Å². The van der Waals surface area contributed by atoms with Crippen LogP contribution in [0.15, 0.2) is 24.3 Å². The molecule has 1 aromatic rings. The number of thiocarbonyl (C=S) groups is 1. The molecule has 5 heteroatoms. The van der Waals surface area contributed by atoms with E-state index in [0.29, 0.717) is 6.42 Å². The molecule has 0 radical (unpaired) electrons. The van der Waals surface area contributed by atoms with Gasteiger partial charge in [-0.3, -0.25) is 4.79 Å². The molecule has 0 fully saturated rings. The van der Waals surface area contributed by atoms with Gasteiger partial charge in [0.2, 0.25) is 5.91 Å². The number of amides is 1. The maximum absolute atomic E-state index is 12.1. The average Bonchev–Trinajstić information content (AvgIpc) is 2.27. The quantitative estimate of drug-likeness (QED) is 0.640. The zero-order chi connectivity index (χ0) is 13.1. The van der Waals surface area contributed by atoms with Crippen LogP contribution in [0.2, 0.25) is 0 Å². The van der Waals surface area contributed by atoms with Crippen LogP contribution in [0.1, 0.15) is 20.3 Å². The number of anilines is 1. The average molecular weight is 362 g/mol. The molecule has 0 saturated heterocycles. The van der Waals surface area contributed by atoms with Crippen LogP contribution in [0.25, 0.3) is 0 Å². The Hall–Kier alpha value is -0.690. The van der Waals surface area contributed by atoms with Gasteiger partial charge in [0, 0.05) is 9.26 Å². The number of hydrogen-bond acceptors (Lipinski definition) is 2. The molecule has 0 aliphatic rings. The van der Waals surface area contributed by atoms with Crippen molar-refractivity contribution in [3.8, 4) is 0 Å². The second-order valence-corrected chi connectivity index (χ2v) is 5.70. The van der Waals surface area contributed by atoms with Gasteiger partial charge in [-0.2, -0.15) is 0 Å². The molecule has 0 bridgehead atoms. The first kappa shape index (κ1) is 14.4. The highest BCUT2D eigenvalue weighted by atomic mass is 127. The summed E-state index contributed by atoms with van der Waals surface area (Å²) in [6.07, 6.45) is 0.581. The lowest BCUT2D eigenvalue weighted by Gasteiger charge is -2.25. The molecule has 17 heavy (non-hydrogen) atoms. The molecule has 3 nitrogen and oxygen atoms in total. The van der Waals surface area contributed by atoms with Gasteiger partial charge in [0.15, 0.2) is 0 Å². The first-order chi connectivity index (χ1) is 7.90. The van der Waals surface area contributed by atoms with Gasteiger partial charge < -0.3 is 11.1 Å². The Morgan fingerprint density at radius 3 is 2.71 bits per heavy atom. The van der Waals surface area contributed by atoms with E-state index in [9.17, 15) is 4.79 Å². The van der Waals surface area contributed by atoms with Crippen LogP contribution in [-0.4, -0.2) is 10.9 Å². The van der Waals surface area contributed by atoms with Crippen molar-refractivity contribution in [2.45, 2.75) is 20.3 Å². The van der Waals surface area contributed by atoms with Crippen LogP contribution in [-0.2, 0) is 4.79 Å². The van der Waals surface area contributed by atoms with Crippen molar-refractivity contribution in [2.24, 2.45) is 11.1 Å². The smallest absolute Gasteiger partial charge is 0.237 e. The van der Waals surface area contributed by atoms with Crippen LogP contribution < -0.4 is 11.1 Å². The fraction of sp³-hybridized carbons (Fsp3) is 0.333. The standard InChI is InChI=1S/C12H15IN2OS/c1-3-12(2,10(14)17)11(16)15-9-6-4-5-8(13)7-9/h4-7H,3H2,1-2H3,(H2,14,17)(H,15,16). The molecule has 1 rings (SSSR count). The van der Waals surface area contributed by atoms with Crippen molar-refractivity contribution in [1.29, 1.82) is 0 Å². The molecule has 0 saturated carbocycles. The van der Waals surface area contributed by atoms with E-state index in [4.69, 9.17) is 18.0 Å². The van der Waals surface area contributed by atoms with Gasteiger partial charge in [0.25, 0.3) is 0 Å². The van der Waals surface area contributed by atoms with Crippen LogP contribution in [0.3, 0.4) is 0 Å². The number of nitrogens with one attached hydrogen (secondary N) is 1. The van der Waals surface area contributed by atoms with E-state index in [1.165, 1.54) is 0 Å². The predicted octanol–water partition coefficient (Wildman–Crippen LogP) is 2.93. The number of nitrogens with two attached hydrogens (primary N) is 1. The highest BCUT2D eigenvalue weighted by Gasteiger charge is 2.34. The monoisotopic (exact) mass is 362 g/mol. The Morgan fingerprint density at radius 1 is 1.59 bits per heavy atom. The van der Waals surface area contributed by atoms with E-state index >= 15 is 0 Å². The van der Waals surface area contributed by atoms with Crippen LogP contribution in [0, 0.1) is 8.99 Å². The highest BCUT2D eigenvalue weighted by Crippen LogP contribution is 2.24. The first-order valence-electron chi connectivity index (χ1n) is 5.27. The normalized spacial score (nSPS) is 13.8. The summed E-state index contributed by atoms with van der Waals surface area (Å²) in [5, 5.41) is 2.84. The minimum Gasteiger partial charge on any atom is -0.392 e. The molecule has 1 aromatic carbocycles. The topological polar surface area (TPSA) is 55.1 Å². The van der Waals surface area contributed by atoms with Crippen molar-refractivity contribution in [2.75, 3.05) is 5.32 Å². The molecule has 1 amide bonds. The summed E-state index contributed by atoms with van der Waals surface area (Å²) in [6, 6.07) is 7.59. The number of carbonyl (C=O) groups is 1. The van der Waals surface area contributed by atoms with Crippen molar-refractivity contribution in [3.05, 3.63) is 27.8 Å². The van der Waals surface area contributed by atoms with Crippen molar-refractivity contribution in [3.63, 3.8) is 0 Å². The highest BCUT2D eigenvalue weighted by molar-refractivity contribution is 14.1. The van der Waals surface area contributed by atoms with E-state index in [1.807, 2.05) is 31.2 Å². The number of hydrogen-bond donors (Lipinski definition) is 2. The van der Waals surface area contributed by atoms with Crippen molar-refractivity contribution in [1.82, 2.24) is 0 Å². The first-order valence-corrected chi connectivity index (χ1v) is 6.75. The van der Waals surface area contributed by atoms with E-state index in [2.05, 4.69) is 27.9 Å². The lowest BCUT2D eigenvalue weighted by atomic mass is 9.86. The molecule has 3 N–H and O–H groups in total. The Morgan fingerprint density at radius 2 is 2.24 bits per heavy atom. The number of carbonyl (C=O) groups excluding carboxylic acids is 1. The Labute approximate surface area is 120 Å². The van der Waals surface area contributed by atoms with E-state index < -0.39 is 5.41 Å². The summed E-state index contributed by atoms with van der Waals surface area (Å²) in [7, 11) is 0. The summed E-state index contributed by atoms with van der Waals surface area (Å²) < 4.78 is 1.06. The van der Waals surface area contributed by atoms with E-state index in [0.717, 1.165) is 9.26 Å². The van der Waals surface area contributed by atoms with Crippen LogP contribution in [0.5, 0.6) is 0 Å². The zero-order valence-corrected chi connectivity index (χ0v) is 12.8. The maximum Gasteiger partial charge on any atom is 0.237 e. The van der Waals surface area contributed by atoms with Gasteiger partial charge in [-0.25, -0.2) is 0 Å². The SMILES string of the molecule is CCC(C)(C(=O)Nc1cccc(I)c1)C(N)=S. The van der Waals surface area contributed by atoms with Gasteiger partial charge in [-0.05, 0) is 54.1 Å². The summed E-state index contributed by atoms with van der Waals surface area (Å²) in [6.45, 7) is 3.66. The summed E-state index contributed by atoms with van der Waals surface area (Å²) in [5.41, 5.74) is 5.60. The Bertz CT molecular complexity index is 450.